The van der Waals surface area contributed by atoms with E-state index < -0.39 is 0 Å². The molecule has 140 valence electrons. The van der Waals surface area contributed by atoms with E-state index >= 15 is 0 Å². The average molecular weight is 392 g/mol. The zero-order valence-electron chi connectivity index (χ0n) is 15.1. The van der Waals surface area contributed by atoms with Gasteiger partial charge in [0.1, 0.15) is 17.8 Å². The third-order valence-electron chi connectivity index (χ3n) is 4.23. The monoisotopic (exact) mass is 392 g/mol. The van der Waals surface area contributed by atoms with Gasteiger partial charge in [-0.15, -0.1) is 0 Å². The van der Waals surface area contributed by atoms with Crippen molar-refractivity contribution >= 4 is 29.1 Å². The molecule has 3 aromatic rings. The van der Waals surface area contributed by atoms with E-state index in [1.807, 2.05) is 13.0 Å². The van der Waals surface area contributed by atoms with Crippen LogP contribution in [0.5, 0.6) is 0 Å². The molecule has 0 unspecified atom stereocenters. The highest BCUT2D eigenvalue weighted by Gasteiger charge is 2.21. The molecule has 1 aliphatic heterocycles. The molecule has 0 aliphatic carbocycles. The Labute approximate surface area is 166 Å². The number of carbonyl (C=O) groups is 1. The molecule has 0 saturated carbocycles. The van der Waals surface area contributed by atoms with Crippen LogP contribution in [0.1, 0.15) is 35.0 Å². The molecule has 0 radical (unpaired) electrons. The smallest absolute Gasteiger partial charge is 0.251 e. The van der Waals surface area contributed by atoms with Crippen LogP contribution in [0.4, 0.5) is 10.1 Å². The molecule has 28 heavy (non-hydrogen) atoms. The number of rotatable bonds is 4. The van der Waals surface area contributed by atoms with Crippen molar-refractivity contribution in [1.29, 1.82) is 0 Å². The fourth-order valence-electron chi connectivity index (χ4n) is 2.84. The van der Waals surface area contributed by atoms with Crippen LogP contribution in [-0.4, -0.2) is 28.1 Å². The summed E-state index contributed by atoms with van der Waals surface area (Å²) in [7, 11) is 0. The fourth-order valence-corrected chi connectivity index (χ4v) is 3.78. The van der Waals surface area contributed by atoms with Crippen molar-refractivity contribution in [2.45, 2.75) is 23.1 Å². The van der Waals surface area contributed by atoms with Gasteiger partial charge < -0.3 is 5.32 Å². The normalized spacial score (nSPS) is 12.4. The van der Waals surface area contributed by atoms with Crippen molar-refractivity contribution in [2.75, 3.05) is 6.54 Å². The number of halogens is 1. The van der Waals surface area contributed by atoms with Gasteiger partial charge in [-0.1, -0.05) is 18.7 Å². The van der Waals surface area contributed by atoms with Crippen molar-refractivity contribution in [3.05, 3.63) is 77.6 Å². The van der Waals surface area contributed by atoms with E-state index in [0.717, 1.165) is 21.8 Å². The Morgan fingerprint density at radius 1 is 1.14 bits per heavy atom. The maximum Gasteiger partial charge on any atom is 0.251 e. The van der Waals surface area contributed by atoms with Crippen LogP contribution in [0.25, 0.3) is 0 Å². The van der Waals surface area contributed by atoms with Crippen LogP contribution in [0.2, 0.25) is 0 Å². The summed E-state index contributed by atoms with van der Waals surface area (Å²) < 4.78 is 13.4. The van der Waals surface area contributed by atoms with E-state index in [2.05, 4.69) is 15.3 Å². The van der Waals surface area contributed by atoms with Gasteiger partial charge in [0, 0.05) is 28.8 Å². The number of nitrogens with zero attached hydrogens (tertiary/aromatic N) is 3. The minimum Gasteiger partial charge on any atom is -0.352 e. The minimum atomic E-state index is -0.314. The summed E-state index contributed by atoms with van der Waals surface area (Å²) >= 11 is 1.50. The molecule has 0 atom stereocenters. The first-order valence-electron chi connectivity index (χ1n) is 8.91. The highest BCUT2D eigenvalue weighted by Crippen LogP contribution is 2.40. The second-order valence-corrected chi connectivity index (χ2v) is 7.33. The van der Waals surface area contributed by atoms with E-state index in [1.165, 1.54) is 30.2 Å². The number of hydrogen-bond donors (Lipinski definition) is 1. The summed E-state index contributed by atoms with van der Waals surface area (Å²) in [6.07, 6.45) is 4.08. The summed E-state index contributed by atoms with van der Waals surface area (Å²) in [5.74, 6) is -0.444. The number of fused-ring (bicyclic) bond motifs is 2. The predicted octanol–water partition coefficient (Wildman–Crippen LogP) is 4.39. The first kappa shape index (κ1) is 18.3. The molecule has 2 aromatic carbocycles. The topological polar surface area (TPSA) is 67.2 Å². The summed E-state index contributed by atoms with van der Waals surface area (Å²) in [6, 6.07) is 11.6. The number of amides is 1. The number of aliphatic imine (C=N–C) groups is 1. The van der Waals surface area contributed by atoms with Gasteiger partial charge in [-0.25, -0.2) is 19.4 Å². The Kier molecular flexibility index (Phi) is 5.16. The Morgan fingerprint density at radius 2 is 1.96 bits per heavy atom. The van der Waals surface area contributed by atoms with E-state index in [1.54, 1.807) is 30.5 Å². The predicted molar refractivity (Wildman–Crippen MR) is 107 cm³/mol. The lowest BCUT2D eigenvalue weighted by atomic mass is 10.1. The van der Waals surface area contributed by atoms with Gasteiger partial charge in [0.25, 0.3) is 5.91 Å². The fraction of sp³-hybridized carbons (Fsp3) is 0.143. The van der Waals surface area contributed by atoms with E-state index in [4.69, 9.17) is 4.99 Å². The number of hydrogen-bond acceptors (Lipinski definition) is 5. The molecule has 4 rings (SSSR count). The van der Waals surface area contributed by atoms with Crippen molar-refractivity contribution in [3.8, 4) is 0 Å². The van der Waals surface area contributed by atoms with Crippen LogP contribution in [0.15, 0.2) is 69.8 Å². The first-order chi connectivity index (χ1) is 13.7. The van der Waals surface area contributed by atoms with Crippen LogP contribution in [0.3, 0.4) is 0 Å². The third-order valence-corrected chi connectivity index (χ3v) is 5.31. The molecular formula is C21H17FN4OS. The van der Waals surface area contributed by atoms with Gasteiger partial charge >= 0.3 is 0 Å². The van der Waals surface area contributed by atoms with Crippen molar-refractivity contribution < 1.29 is 9.18 Å². The van der Waals surface area contributed by atoms with Gasteiger partial charge in [-0.2, -0.15) is 0 Å². The number of carbonyl (C=O) groups excluding carboxylic acids is 1. The number of aromatic nitrogens is 2. The van der Waals surface area contributed by atoms with Gasteiger partial charge in [-0.05, 0) is 48.9 Å². The van der Waals surface area contributed by atoms with Gasteiger partial charge in [-0.3, -0.25) is 4.79 Å². The Morgan fingerprint density at radius 3 is 2.75 bits per heavy atom. The summed E-state index contributed by atoms with van der Waals surface area (Å²) in [4.78, 5) is 27.4. The Balaban J connectivity index is 1.84. The molecule has 0 bridgehead atoms. The molecular weight excluding hydrogens is 375 g/mol. The van der Waals surface area contributed by atoms with Crippen molar-refractivity contribution in [2.24, 2.45) is 4.99 Å². The summed E-state index contributed by atoms with van der Waals surface area (Å²) in [6.45, 7) is 2.63. The van der Waals surface area contributed by atoms with Crippen LogP contribution in [-0.2, 0) is 0 Å². The highest BCUT2D eigenvalue weighted by atomic mass is 32.2. The molecule has 2 heterocycles. The first-order valence-corrected chi connectivity index (χ1v) is 9.72. The van der Waals surface area contributed by atoms with E-state index in [9.17, 15) is 9.18 Å². The third kappa shape index (κ3) is 3.66. The molecule has 0 saturated heterocycles. The second-order valence-electron chi connectivity index (χ2n) is 6.24. The average Bonchev–Trinajstić information content (AvgIpc) is 2.88. The number of benzene rings is 2. The molecule has 1 aliphatic rings. The molecule has 5 nitrogen and oxygen atoms in total. The minimum absolute atomic E-state index is 0.130. The van der Waals surface area contributed by atoms with Crippen LogP contribution in [0, 0.1) is 5.82 Å². The van der Waals surface area contributed by atoms with Gasteiger partial charge in [0.2, 0.25) is 0 Å². The second kappa shape index (κ2) is 7.90. The van der Waals surface area contributed by atoms with Crippen molar-refractivity contribution in [3.63, 3.8) is 0 Å². The van der Waals surface area contributed by atoms with Gasteiger partial charge in [0.15, 0.2) is 0 Å². The number of nitrogens with one attached hydrogen (secondary N) is 1. The van der Waals surface area contributed by atoms with Gasteiger partial charge in [0.05, 0.1) is 16.3 Å². The highest BCUT2D eigenvalue weighted by molar-refractivity contribution is 7.99. The largest absolute Gasteiger partial charge is 0.352 e. The summed E-state index contributed by atoms with van der Waals surface area (Å²) in [5.41, 5.74) is 3.27. The Hall–Kier alpha value is -3.06. The standard InChI is InChI=1S/C21H17FN4OS/c1-2-9-24-21(27)14-5-8-17-16(10-14)26-19(13-3-6-15(22)7-4-13)20-18(28-17)11-23-12-25-20/h3-8,10-12H,2,9H2,1H3,(H,24,27). The van der Waals surface area contributed by atoms with Crippen LogP contribution >= 0.6 is 11.8 Å². The molecule has 1 aromatic heterocycles. The maximum atomic E-state index is 13.4. The molecule has 0 spiro atoms. The zero-order valence-corrected chi connectivity index (χ0v) is 16.0. The van der Waals surface area contributed by atoms with E-state index in [0.29, 0.717) is 29.2 Å². The molecule has 1 amide bonds. The lowest BCUT2D eigenvalue weighted by molar-refractivity contribution is 0.0953. The van der Waals surface area contributed by atoms with Crippen LogP contribution < -0.4 is 5.32 Å². The lowest BCUT2D eigenvalue weighted by Gasteiger charge is -2.07. The summed E-state index contributed by atoms with van der Waals surface area (Å²) in [5, 5.41) is 2.88. The molecule has 1 N–H and O–H groups in total. The van der Waals surface area contributed by atoms with E-state index in [-0.39, 0.29) is 11.7 Å². The Bertz CT molecular complexity index is 1070. The quantitative estimate of drug-likeness (QED) is 0.559. The SMILES string of the molecule is CCCNC(=O)c1ccc2c(c1)N=C(c1ccc(F)cc1)c1ncncc1S2. The maximum absolute atomic E-state index is 13.4. The zero-order chi connectivity index (χ0) is 19.5. The molecule has 0 fully saturated rings. The van der Waals surface area contributed by atoms with Crippen molar-refractivity contribution in [1.82, 2.24) is 15.3 Å². The lowest BCUT2D eigenvalue weighted by Crippen LogP contribution is -2.23. The molecule has 7 heteroatoms.